The van der Waals surface area contributed by atoms with E-state index >= 15 is 0 Å². The second kappa shape index (κ2) is 21.2. The van der Waals surface area contributed by atoms with Crippen LogP contribution in [-0.4, -0.2) is 22.3 Å². The molecule has 2 N–H and O–H groups in total. The maximum Gasteiger partial charge on any atom is 0.332 e. The third-order valence-corrected chi connectivity index (χ3v) is 4.93. The highest BCUT2D eigenvalue weighted by atomic mass is 16.4. The van der Waals surface area contributed by atoms with Crippen molar-refractivity contribution < 1.29 is 15.0 Å². The lowest BCUT2D eigenvalue weighted by Gasteiger charge is -2.03. The van der Waals surface area contributed by atoms with Gasteiger partial charge in [0.2, 0.25) is 0 Å². The van der Waals surface area contributed by atoms with E-state index in [-0.39, 0.29) is 0 Å². The first-order valence-corrected chi connectivity index (χ1v) is 11.4. The molecule has 0 bridgehead atoms. The van der Waals surface area contributed by atoms with E-state index in [1.807, 2.05) is 0 Å². The van der Waals surface area contributed by atoms with Gasteiger partial charge < -0.3 is 10.2 Å². The molecule has 0 aliphatic heterocycles. The standard InChI is InChI=1S/C24H44O3/c1-2-3-4-5-6-7-8-9-10-11-12-13-14-15-16-17-18-19-20-21-22-23(25)24(26)27/h8-9,16-17,23,25H,2-7,10-15,18-22H2,1H3,(H,26,27)/b9-8+,17-16+. The first-order chi connectivity index (χ1) is 13.2. The number of unbranched alkanes of at least 4 members (excludes halogenated alkanes) is 13. The first kappa shape index (κ1) is 25.9. The maximum atomic E-state index is 10.5. The van der Waals surface area contributed by atoms with E-state index in [4.69, 9.17) is 10.2 Å². The van der Waals surface area contributed by atoms with Crippen molar-refractivity contribution in [3.05, 3.63) is 24.3 Å². The van der Waals surface area contributed by atoms with Gasteiger partial charge in [-0.3, -0.25) is 0 Å². The summed E-state index contributed by atoms with van der Waals surface area (Å²) in [5.74, 6) is -1.11. The molecule has 0 aromatic heterocycles. The Labute approximate surface area is 168 Å². The Hall–Kier alpha value is -1.09. The monoisotopic (exact) mass is 380 g/mol. The van der Waals surface area contributed by atoms with E-state index in [2.05, 4.69) is 31.2 Å². The summed E-state index contributed by atoms with van der Waals surface area (Å²) in [6.07, 6.45) is 28.1. The predicted octanol–water partition coefficient (Wildman–Crippen LogP) is 7.20. The molecule has 0 rings (SSSR count). The van der Waals surface area contributed by atoms with Crippen molar-refractivity contribution in [1.82, 2.24) is 0 Å². The minimum absolute atomic E-state index is 0.368. The summed E-state index contributed by atoms with van der Waals surface area (Å²) in [6.45, 7) is 2.26. The lowest BCUT2D eigenvalue weighted by molar-refractivity contribution is -0.146. The van der Waals surface area contributed by atoms with Gasteiger partial charge in [0, 0.05) is 0 Å². The van der Waals surface area contributed by atoms with Crippen LogP contribution in [0.15, 0.2) is 24.3 Å². The summed E-state index contributed by atoms with van der Waals surface area (Å²) in [4.78, 5) is 10.5. The minimum Gasteiger partial charge on any atom is -0.479 e. The zero-order valence-corrected chi connectivity index (χ0v) is 17.7. The van der Waals surface area contributed by atoms with Crippen LogP contribution in [0.1, 0.15) is 116 Å². The lowest BCUT2D eigenvalue weighted by atomic mass is 10.1. The number of aliphatic carboxylic acids is 1. The van der Waals surface area contributed by atoms with Crippen molar-refractivity contribution in [2.24, 2.45) is 0 Å². The maximum absolute atomic E-state index is 10.5. The Morgan fingerprint density at radius 2 is 1.04 bits per heavy atom. The normalized spacial score (nSPS) is 13.0. The van der Waals surface area contributed by atoms with E-state index in [1.54, 1.807) is 0 Å². The predicted molar refractivity (Wildman–Crippen MR) is 116 cm³/mol. The molecule has 0 amide bonds. The van der Waals surface area contributed by atoms with Crippen LogP contribution in [0.4, 0.5) is 0 Å². The highest BCUT2D eigenvalue weighted by Gasteiger charge is 2.11. The van der Waals surface area contributed by atoms with Gasteiger partial charge in [-0.25, -0.2) is 4.79 Å². The fourth-order valence-electron chi connectivity index (χ4n) is 3.12. The quantitative estimate of drug-likeness (QED) is 0.173. The zero-order valence-electron chi connectivity index (χ0n) is 17.7. The Balaban J connectivity index is 3.21. The summed E-state index contributed by atoms with van der Waals surface area (Å²) in [6, 6.07) is 0. The molecule has 1 unspecified atom stereocenters. The number of aliphatic hydroxyl groups excluding tert-OH is 1. The van der Waals surface area contributed by atoms with Gasteiger partial charge in [-0.15, -0.1) is 0 Å². The van der Waals surface area contributed by atoms with Crippen LogP contribution in [0.25, 0.3) is 0 Å². The van der Waals surface area contributed by atoms with Crippen molar-refractivity contribution in [2.45, 2.75) is 122 Å². The number of hydrogen-bond donors (Lipinski definition) is 2. The number of carboxylic acids is 1. The van der Waals surface area contributed by atoms with Gasteiger partial charge in [0.25, 0.3) is 0 Å². The van der Waals surface area contributed by atoms with E-state index in [9.17, 15) is 4.79 Å². The summed E-state index contributed by atoms with van der Waals surface area (Å²) in [5.41, 5.74) is 0. The van der Waals surface area contributed by atoms with Gasteiger partial charge in [-0.1, -0.05) is 82.6 Å². The molecular weight excluding hydrogens is 336 g/mol. The molecule has 27 heavy (non-hydrogen) atoms. The number of aliphatic hydroxyl groups is 1. The largest absolute Gasteiger partial charge is 0.479 e. The Morgan fingerprint density at radius 3 is 1.41 bits per heavy atom. The van der Waals surface area contributed by atoms with Crippen LogP contribution in [-0.2, 0) is 4.79 Å². The SMILES string of the molecule is CCCCCCC/C=C/CCCCCC/C=C/CCCCCC(O)C(=O)O. The molecule has 3 nitrogen and oxygen atoms in total. The summed E-state index contributed by atoms with van der Waals surface area (Å²) in [7, 11) is 0. The Morgan fingerprint density at radius 1 is 0.667 bits per heavy atom. The minimum atomic E-state index is -1.19. The number of hydrogen-bond acceptors (Lipinski definition) is 2. The van der Waals surface area contributed by atoms with Gasteiger partial charge in [0.15, 0.2) is 6.10 Å². The van der Waals surface area contributed by atoms with Gasteiger partial charge >= 0.3 is 5.97 Å². The molecule has 0 aliphatic carbocycles. The molecule has 0 radical (unpaired) electrons. The average Bonchev–Trinajstić information content (AvgIpc) is 2.66. The van der Waals surface area contributed by atoms with Gasteiger partial charge in [0.1, 0.15) is 0 Å². The Kier molecular flexibility index (Phi) is 20.4. The third-order valence-electron chi connectivity index (χ3n) is 4.93. The molecule has 0 aromatic rings. The van der Waals surface area contributed by atoms with Crippen molar-refractivity contribution in [2.75, 3.05) is 0 Å². The van der Waals surface area contributed by atoms with Gasteiger partial charge in [-0.2, -0.15) is 0 Å². The van der Waals surface area contributed by atoms with Crippen LogP contribution in [0.5, 0.6) is 0 Å². The van der Waals surface area contributed by atoms with Crippen molar-refractivity contribution in [3.63, 3.8) is 0 Å². The number of allylic oxidation sites excluding steroid dienone is 4. The fraction of sp³-hybridized carbons (Fsp3) is 0.792. The van der Waals surface area contributed by atoms with Crippen molar-refractivity contribution in [1.29, 1.82) is 0 Å². The van der Waals surface area contributed by atoms with Crippen LogP contribution in [0.2, 0.25) is 0 Å². The second-order valence-corrected chi connectivity index (χ2v) is 7.63. The summed E-state index contributed by atoms with van der Waals surface area (Å²) >= 11 is 0. The van der Waals surface area contributed by atoms with E-state index in [0.29, 0.717) is 6.42 Å². The van der Waals surface area contributed by atoms with Crippen molar-refractivity contribution >= 4 is 5.97 Å². The molecule has 0 fully saturated rings. The molecule has 0 saturated carbocycles. The van der Waals surface area contributed by atoms with Gasteiger partial charge in [-0.05, 0) is 57.8 Å². The lowest BCUT2D eigenvalue weighted by Crippen LogP contribution is -2.18. The highest BCUT2D eigenvalue weighted by Crippen LogP contribution is 2.10. The smallest absolute Gasteiger partial charge is 0.332 e. The molecule has 1 atom stereocenters. The molecule has 158 valence electrons. The molecular formula is C24H44O3. The molecule has 0 spiro atoms. The highest BCUT2D eigenvalue weighted by molar-refractivity contribution is 5.71. The molecule has 3 heteroatoms. The van der Waals surface area contributed by atoms with E-state index in [0.717, 1.165) is 25.7 Å². The van der Waals surface area contributed by atoms with Crippen LogP contribution >= 0.6 is 0 Å². The van der Waals surface area contributed by atoms with E-state index in [1.165, 1.54) is 77.0 Å². The van der Waals surface area contributed by atoms with Gasteiger partial charge in [0.05, 0.1) is 0 Å². The van der Waals surface area contributed by atoms with Crippen LogP contribution in [0.3, 0.4) is 0 Å². The molecule has 0 aliphatic rings. The second-order valence-electron chi connectivity index (χ2n) is 7.63. The summed E-state index contributed by atoms with van der Waals surface area (Å²) < 4.78 is 0. The first-order valence-electron chi connectivity index (χ1n) is 11.4. The number of carboxylic acid groups (broad SMARTS) is 1. The molecule has 0 aromatic carbocycles. The number of carbonyl (C=O) groups is 1. The fourth-order valence-corrected chi connectivity index (χ4v) is 3.12. The zero-order chi connectivity index (χ0) is 20.0. The number of rotatable bonds is 20. The average molecular weight is 381 g/mol. The molecule has 0 saturated heterocycles. The topological polar surface area (TPSA) is 57.5 Å². The molecule has 0 heterocycles. The third kappa shape index (κ3) is 21.1. The van der Waals surface area contributed by atoms with E-state index < -0.39 is 12.1 Å². The Bertz CT molecular complexity index is 374. The van der Waals surface area contributed by atoms with Crippen molar-refractivity contribution in [3.8, 4) is 0 Å². The van der Waals surface area contributed by atoms with Crippen LogP contribution in [0, 0.1) is 0 Å². The summed E-state index contributed by atoms with van der Waals surface area (Å²) in [5, 5.41) is 17.7. The van der Waals surface area contributed by atoms with Crippen LogP contribution < -0.4 is 0 Å².